The number of phenolic OH excluding ortho intramolecular Hbond substituents is 1. The molecule has 0 saturated carbocycles. The van der Waals surface area contributed by atoms with E-state index in [4.69, 9.17) is 5.11 Å². The largest absolute Gasteiger partial charge is 0.507 e. The van der Waals surface area contributed by atoms with Crippen LogP contribution in [0.1, 0.15) is 40.5 Å². The van der Waals surface area contributed by atoms with Gasteiger partial charge in [-0.25, -0.2) is 4.79 Å². The van der Waals surface area contributed by atoms with E-state index in [9.17, 15) is 14.7 Å². The van der Waals surface area contributed by atoms with Crippen LogP contribution in [-0.4, -0.2) is 22.0 Å². The molecule has 1 aromatic rings. The van der Waals surface area contributed by atoms with Crippen LogP contribution in [-0.2, 0) is 0 Å². The molecule has 1 rings (SSSR count). The first-order valence-electron chi connectivity index (χ1n) is 4.65. The van der Waals surface area contributed by atoms with Gasteiger partial charge in [-0.2, -0.15) is 0 Å². The Kier molecular flexibility index (Phi) is 3.44. The highest BCUT2D eigenvalue weighted by atomic mass is 16.4. The van der Waals surface area contributed by atoms with Gasteiger partial charge in [-0.15, -0.1) is 0 Å². The van der Waals surface area contributed by atoms with E-state index >= 15 is 0 Å². The smallest absolute Gasteiger partial charge is 0.335 e. The maximum atomic E-state index is 11.5. The number of Topliss-reactive ketones (excluding diaryl/α,β-unsaturated/α-hetero) is 1. The number of ketones is 1. The average molecular weight is 208 g/mol. The summed E-state index contributed by atoms with van der Waals surface area (Å²) >= 11 is 0. The van der Waals surface area contributed by atoms with Crippen LogP contribution >= 0.6 is 0 Å². The number of carboxylic acids is 1. The minimum Gasteiger partial charge on any atom is -0.507 e. The highest BCUT2D eigenvalue weighted by Crippen LogP contribution is 2.20. The van der Waals surface area contributed by atoms with Crippen molar-refractivity contribution in [1.29, 1.82) is 0 Å². The third-order valence-electron chi connectivity index (χ3n) is 2.02. The van der Waals surface area contributed by atoms with Gasteiger partial charge in [0.15, 0.2) is 5.78 Å². The van der Waals surface area contributed by atoms with Crippen LogP contribution in [0.5, 0.6) is 5.75 Å². The van der Waals surface area contributed by atoms with Crippen molar-refractivity contribution in [2.75, 3.05) is 0 Å². The van der Waals surface area contributed by atoms with Crippen molar-refractivity contribution in [3.8, 4) is 5.75 Å². The first-order valence-corrected chi connectivity index (χ1v) is 4.65. The van der Waals surface area contributed by atoms with Crippen LogP contribution < -0.4 is 0 Å². The topological polar surface area (TPSA) is 74.6 Å². The van der Waals surface area contributed by atoms with E-state index in [1.165, 1.54) is 18.2 Å². The monoisotopic (exact) mass is 208 g/mol. The van der Waals surface area contributed by atoms with Crippen LogP contribution in [0.2, 0.25) is 0 Å². The Bertz CT molecular complexity index is 396. The molecule has 15 heavy (non-hydrogen) atoms. The lowest BCUT2D eigenvalue weighted by molar-refractivity contribution is 0.0697. The number of carboxylic acid groups (broad SMARTS) is 1. The molecule has 0 aromatic heterocycles. The normalized spacial score (nSPS) is 9.93. The van der Waals surface area contributed by atoms with Gasteiger partial charge in [0, 0.05) is 6.42 Å². The standard InChI is InChI=1S/C11H12O4/c1-2-3-9(12)8-6-7(11(14)15)4-5-10(8)13/h4-6,13H,2-3H2,1H3,(H,14,15). The molecule has 0 aliphatic heterocycles. The van der Waals surface area contributed by atoms with Crippen LogP contribution in [0.15, 0.2) is 18.2 Å². The quantitative estimate of drug-likeness (QED) is 0.743. The lowest BCUT2D eigenvalue weighted by Crippen LogP contribution is -2.03. The summed E-state index contributed by atoms with van der Waals surface area (Å²) in [6.07, 6.45) is 0.964. The van der Waals surface area contributed by atoms with E-state index in [1.54, 1.807) is 0 Å². The number of benzene rings is 1. The highest BCUT2D eigenvalue weighted by molar-refractivity contribution is 6.01. The Hall–Kier alpha value is -1.84. The fraction of sp³-hybridized carbons (Fsp3) is 0.273. The zero-order chi connectivity index (χ0) is 11.4. The predicted octanol–water partition coefficient (Wildman–Crippen LogP) is 2.07. The van der Waals surface area contributed by atoms with E-state index in [2.05, 4.69) is 0 Å². The van der Waals surface area contributed by atoms with Crippen LogP contribution in [0.3, 0.4) is 0 Å². The molecule has 0 amide bonds. The van der Waals surface area contributed by atoms with Gasteiger partial charge < -0.3 is 10.2 Å². The number of aromatic carboxylic acids is 1. The molecule has 4 heteroatoms. The molecule has 0 radical (unpaired) electrons. The number of carbonyl (C=O) groups is 2. The summed E-state index contributed by atoms with van der Waals surface area (Å²) in [4.78, 5) is 22.1. The van der Waals surface area contributed by atoms with E-state index in [-0.39, 0.29) is 22.7 Å². The number of phenols is 1. The molecule has 0 aliphatic rings. The van der Waals surface area contributed by atoms with Gasteiger partial charge >= 0.3 is 5.97 Å². The minimum absolute atomic E-state index is 0.00672. The van der Waals surface area contributed by atoms with Crippen molar-refractivity contribution in [1.82, 2.24) is 0 Å². The number of carbonyl (C=O) groups excluding carboxylic acids is 1. The lowest BCUT2D eigenvalue weighted by atomic mass is 10.0. The van der Waals surface area contributed by atoms with Crippen molar-refractivity contribution in [3.63, 3.8) is 0 Å². The van der Waals surface area contributed by atoms with E-state index in [0.717, 1.165) is 0 Å². The van der Waals surface area contributed by atoms with Crippen LogP contribution in [0, 0.1) is 0 Å². The van der Waals surface area contributed by atoms with Crippen molar-refractivity contribution in [2.24, 2.45) is 0 Å². The summed E-state index contributed by atoms with van der Waals surface area (Å²) in [5.41, 5.74) is 0.0870. The van der Waals surface area contributed by atoms with Crippen molar-refractivity contribution < 1.29 is 19.8 Å². The molecule has 0 spiro atoms. The third kappa shape index (κ3) is 2.56. The first-order chi connectivity index (χ1) is 7.06. The minimum atomic E-state index is -1.11. The van der Waals surface area contributed by atoms with Crippen molar-refractivity contribution >= 4 is 11.8 Å². The lowest BCUT2D eigenvalue weighted by Gasteiger charge is -2.03. The van der Waals surface area contributed by atoms with E-state index in [1.807, 2.05) is 6.92 Å². The number of hydrogen-bond donors (Lipinski definition) is 2. The first kappa shape index (κ1) is 11.2. The zero-order valence-corrected chi connectivity index (χ0v) is 8.36. The van der Waals surface area contributed by atoms with Gasteiger partial charge in [0.1, 0.15) is 5.75 Å². The van der Waals surface area contributed by atoms with Crippen molar-refractivity contribution in [2.45, 2.75) is 19.8 Å². The maximum Gasteiger partial charge on any atom is 0.335 e. The van der Waals surface area contributed by atoms with Gasteiger partial charge in [-0.1, -0.05) is 6.92 Å². The molecule has 0 unspecified atom stereocenters. The maximum absolute atomic E-state index is 11.5. The van der Waals surface area contributed by atoms with Crippen LogP contribution in [0.25, 0.3) is 0 Å². The van der Waals surface area contributed by atoms with E-state index in [0.29, 0.717) is 12.8 Å². The summed E-state index contributed by atoms with van der Waals surface area (Å²) in [5.74, 6) is -1.52. The fourth-order valence-electron chi connectivity index (χ4n) is 1.25. The molecule has 2 N–H and O–H groups in total. The molecular weight excluding hydrogens is 196 g/mol. The summed E-state index contributed by atoms with van der Waals surface area (Å²) in [5, 5.41) is 18.1. The Labute approximate surface area is 87.2 Å². The van der Waals surface area contributed by atoms with Gasteiger partial charge in [-0.05, 0) is 24.6 Å². The van der Waals surface area contributed by atoms with E-state index < -0.39 is 5.97 Å². The Morgan fingerprint density at radius 3 is 2.53 bits per heavy atom. The predicted molar refractivity (Wildman–Crippen MR) is 54.3 cm³/mol. The molecule has 0 atom stereocenters. The van der Waals surface area contributed by atoms with Gasteiger partial charge in [0.2, 0.25) is 0 Å². The molecule has 0 saturated heterocycles. The highest BCUT2D eigenvalue weighted by Gasteiger charge is 2.13. The SMILES string of the molecule is CCCC(=O)c1cc(C(=O)O)ccc1O. The fourth-order valence-corrected chi connectivity index (χ4v) is 1.25. The summed E-state index contributed by atoms with van der Waals surface area (Å²) in [6, 6.07) is 3.70. The Morgan fingerprint density at radius 2 is 2.00 bits per heavy atom. The summed E-state index contributed by atoms with van der Waals surface area (Å²) < 4.78 is 0. The molecule has 80 valence electrons. The van der Waals surface area contributed by atoms with Crippen molar-refractivity contribution in [3.05, 3.63) is 29.3 Å². The molecule has 4 nitrogen and oxygen atoms in total. The number of rotatable bonds is 4. The Balaban J connectivity index is 3.10. The Morgan fingerprint density at radius 1 is 1.33 bits per heavy atom. The molecule has 0 fully saturated rings. The molecule has 0 aliphatic carbocycles. The van der Waals surface area contributed by atoms with Gasteiger partial charge in [-0.3, -0.25) is 4.79 Å². The number of aromatic hydroxyl groups is 1. The molecular formula is C11H12O4. The second-order valence-corrected chi connectivity index (χ2v) is 3.21. The average Bonchev–Trinajstić information content (AvgIpc) is 2.18. The molecule has 0 bridgehead atoms. The third-order valence-corrected chi connectivity index (χ3v) is 2.02. The van der Waals surface area contributed by atoms with Crippen LogP contribution in [0.4, 0.5) is 0 Å². The second kappa shape index (κ2) is 4.59. The second-order valence-electron chi connectivity index (χ2n) is 3.21. The van der Waals surface area contributed by atoms with Gasteiger partial charge in [0.05, 0.1) is 11.1 Å². The zero-order valence-electron chi connectivity index (χ0n) is 8.36. The molecule has 0 heterocycles. The number of hydrogen-bond acceptors (Lipinski definition) is 3. The molecule has 1 aromatic carbocycles. The van der Waals surface area contributed by atoms with Gasteiger partial charge in [0.25, 0.3) is 0 Å². The summed E-state index contributed by atoms with van der Waals surface area (Å²) in [7, 11) is 0. The summed E-state index contributed by atoms with van der Waals surface area (Å²) in [6.45, 7) is 1.84.